The number of hydrogen-bond acceptors (Lipinski definition) is 3. The van der Waals surface area contributed by atoms with Crippen molar-refractivity contribution in [3.63, 3.8) is 0 Å². The zero-order chi connectivity index (χ0) is 14.4. The Hall–Kier alpha value is -1.33. The van der Waals surface area contributed by atoms with Gasteiger partial charge in [-0.2, -0.15) is 0 Å². The minimum atomic E-state index is -0.101. The van der Waals surface area contributed by atoms with Gasteiger partial charge in [-0.1, -0.05) is 28.1 Å². The summed E-state index contributed by atoms with van der Waals surface area (Å²) in [6, 6.07) is 9.71. The Morgan fingerprint density at radius 1 is 1.40 bits per heavy atom. The van der Waals surface area contributed by atoms with Gasteiger partial charge in [-0.3, -0.25) is 4.79 Å². The molecule has 3 nitrogen and oxygen atoms in total. The van der Waals surface area contributed by atoms with Crippen molar-refractivity contribution in [3.8, 4) is 5.75 Å². The minimum absolute atomic E-state index is 0.101. The zero-order valence-electron chi connectivity index (χ0n) is 11.2. The van der Waals surface area contributed by atoms with Crippen LogP contribution < -0.4 is 10.1 Å². The molecule has 0 atom stereocenters. The van der Waals surface area contributed by atoms with E-state index in [1.165, 1.54) is 16.9 Å². The maximum absolute atomic E-state index is 12.1. The number of nitrogens with one attached hydrogen (secondary N) is 1. The number of alkyl halides is 1. The second-order valence-electron chi connectivity index (χ2n) is 4.30. The summed E-state index contributed by atoms with van der Waals surface area (Å²) in [6.07, 6.45) is 2.08. The molecule has 0 aliphatic rings. The second-order valence-corrected chi connectivity index (χ2v) is 6.00. The van der Waals surface area contributed by atoms with Crippen LogP contribution in [-0.4, -0.2) is 18.3 Å². The number of ether oxygens (including phenoxy) is 1. The van der Waals surface area contributed by atoms with Crippen LogP contribution in [0.1, 0.15) is 21.7 Å². The largest absolute Gasteiger partial charge is 0.496 e. The van der Waals surface area contributed by atoms with Crippen molar-refractivity contribution < 1.29 is 9.53 Å². The Labute approximate surface area is 131 Å². The summed E-state index contributed by atoms with van der Waals surface area (Å²) in [6.45, 7) is 0. The molecule has 2 rings (SSSR count). The molecular formula is C15H16BrNO2S. The summed E-state index contributed by atoms with van der Waals surface area (Å²) in [5, 5.41) is 5.72. The van der Waals surface area contributed by atoms with E-state index in [4.69, 9.17) is 4.74 Å². The lowest BCUT2D eigenvalue weighted by atomic mass is 10.1. The fraction of sp³-hybridized carbons (Fsp3) is 0.267. The van der Waals surface area contributed by atoms with Crippen molar-refractivity contribution in [2.75, 3.05) is 17.8 Å². The maximum Gasteiger partial charge on any atom is 0.265 e. The first-order chi connectivity index (χ1) is 9.72. The maximum atomic E-state index is 12.1. The molecule has 0 radical (unpaired) electrons. The fourth-order valence-electron chi connectivity index (χ4n) is 1.81. The highest BCUT2D eigenvalue weighted by Gasteiger charge is 2.10. The van der Waals surface area contributed by atoms with E-state index in [9.17, 15) is 4.79 Å². The third kappa shape index (κ3) is 4.08. The molecule has 20 heavy (non-hydrogen) atoms. The van der Waals surface area contributed by atoms with E-state index in [2.05, 4.69) is 27.3 Å². The van der Waals surface area contributed by atoms with E-state index in [1.54, 1.807) is 13.2 Å². The summed E-state index contributed by atoms with van der Waals surface area (Å²) in [5.41, 5.74) is 2.06. The van der Waals surface area contributed by atoms with Crippen LogP contribution in [0.3, 0.4) is 0 Å². The van der Waals surface area contributed by atoms with E-state index in [0.717, 1.165) is 23.9 Å². The van der Waals surface area contributed by atoms with Crippen LogP contribution in [0, 0.1) is 0 Å². The number of halogens is 1. The van der Waals surface area contributed by atoms with Crippen molar-refractivity contribution in [1.82, 2.24) is 0 Å². The summed E-state index contributed by atoms with van der Waals surface area (Å²) < 4.78 is 5.08. The van der Waals surface area contributed by atoms with Crippen LogP contribution in [0.15, 0.2) is 35.7 Å². The van der Waals surface area contributed by atoms with Gasteiger partial charge in [-0.15, -0.1) is 11.3 Å². The molecule has 5 heteroatoms. The lowest BCUT2D eigenvalue weighted by molar-refractivity contribution is 0.103. The number of carbonyl (C=O) groups is 1. The van der Waals surface area contributed by atoms with E-state index in [0.29, 0.717) is 10.6 Å². The van der Waals surface area contributed by atoms with E-state index >= 15 is 0 Å². The van der Waals surface area contributed by atoms with Gasteiger partial charge in [0, 0.05) is 22.5 Å². The standard InChI is InChI=1S/C15H16BrNO2S/c1-19-13-9-14(20-10-13)15(18)17-12-6-2-4-11(8-12)5-3-7-16/h2,4,6,8-10H,3,5,7H2,1H3,(H,17,18). The highest BCUT2D eigenvalue weighted by Crippen LogP contribution is 2.22. The van der Waals surface area contributed by atoms with Gasteiger partial charge in [-0.05, 0) is 30.5 Å². The van der Waals surface area contributed by atoms with Crippen LogP contribution in [0.5, 0.6) is 5.75 Å². The van der Waals surface area contributed by atoms with E-state index < -0.39 is 0 Å². The van der Waals surface area contributed by atoms with Gasteiger partial charge in [0.05, 0.1) is 12.0 Å². The Morgan fingerprint density at radius 2 is 2.25 bits per heavy atom. The van der Waals surface area contributed by atoms with E-state index in [-0.39, 0.29) is 5.91 Å². The zero-order valence-corrected chi connectivity index (χ0v) is 13.6. The topological polar surface area (TPSA) is 38.3 Å². The second kappa shape index (κ2) is 7.45. The molecule has 0 saturated heterocycles. The first kappa shape index (κ1) is 15.1. The summed E-state index contributed by atoms with van der Waals surface area (Å²) >= 11 is 4.80. The molecule has 0 aliphatic carbocycles. The van der Waals surface area contributed by atoms with E-state index in [1.807, 2.05) is 23.6 Å². The van der Waals surface area contributed by atoms with Gasteiger partial charge in [0.2, 0.25) is 0 Å². The molecule has 1 aromatic carbocycles. The molecule has 0 aliphatic heterocycles. The Kier molecular flexibility index (Phi) is 5.61. The van der Waals surface area contributed by atoms with Crippen molar-refractivity contribution >= 4 is 38.9 Å². The van der Waals surface area contributed by atoms with Crippen LogP contribution >= 0.6 is 27.3 Å². The molecule has 1 N–H and O–H groups in total. The molecule has 2 aromatic rings. The summed E-state index contributed by atoms with van der Waals surface area (Å²) in [7, 11) is 1.59. The van der Waals surface area contributed by atoms with Crippen molar-refractivity contribution in [2.45, 2.75) is 12.8 Å². The smallest absolute Gasteiger partial charge is 0.265 e. The number of carbonyl (C=O) groups excluding carboxylic acids is 1. The molecular weight excluding hydrogens is 338 g/mol. The highest BCUT2D eigenvalue weighted by molar-refractivity contribution is 9.09. The predicted molar refractivity (Wildman–Crippen MR) is 87.4 cm³/mol. The van der Waals surface area contributed by atoms with Crippen LogP contribution in [-0.2, 0) is 6.42 Å². The third-order valence-electron chi connectivity index (χ3n) is 2.82. The summed E-state index contributed by atoms with van der Waals surface area (Å²) in [4.78, 5) is 12.8. The Bertz CT molecular complexity index is 583. The van der Waals surface area contributed by atoms with Gasteiger partial charge >= 0.3 is 0 Å². The highest BCUT2D eigenvalue weighted by atomic mass is 79.9. The first-order valence-electron chi connectivity index (χ1n) is 6.31. The quantitative estimate of drug-likeness (QED) is 0.784. The van der Waals surface area contributed by atoms with Gasteiger partial charge < -0.3 is 10.1 Å². The third-order valence-corrected chi connectivity index (χ3v) is 4.29. The van der Waals surface area contributed by atoms with Crippen molar-refractivity contribution in [3.05, 3.63) is 46.2 Å². The molecule has 0 bridgehead atoms. The van der Waals surface area contributed by atoms with Gasteiger partial charge in [-0.25, -0.2) is 0 Å². The van der Waals surface area contributed by atoms with Crippen molar-refractivity contribution in [1.29, 1.82) is 0 Å². The van der Waals surface area contributed by atoms with Crippen LogP contribution in [0.4, 0.5) is 5.69 Å². The molecule has 0 fully saturated rings. The number of benzene rings is 1. The van der Waals surface area contributed by atoms with Gasteiger partial charge in [0.25, 0.3) is 5.91 Å². The molecule has 0 unspecified atom stereocenters. The summed E-state index contributed by atoms with van der Waals surface area (Å²) in [5.74, 6) is 0.613. The van der Waals surface area contributed by atoms with Crippen LogP contribution in [0.2, 0.25) is 0 Å². The number of amides is 1. The molecule has 0 saturated carbocycles. The number of rotatable bonds is 6. The fourth-order valence-corrected chi connectivity index (χ4v) is 2.84. The SMILES string of the molecule is COc1csc(C(=O)Nc2cccc(CCCBr)c2)c1. The minimum Gasteiger partial charge on any atom is -0.496 e. The first-order valence-corrected chi connectivity index (χ1v) is 8.32. The average Bonchev–Trinajstić information content (AvgIpc) is 2.94. The monoisotopic (exact) mass is 353 g/mol. The van der Waals surface area contributed by atoms with Gasteiger partial charge in [0.15, 0.2) is 0 Å². The average molecular weight is 354 g/mol. The number of anilines is 1. The lowest BCUT2D eigenvalue weighted by Crippen LogP contribution is -2.10. The molecule has 1 amide bonds. The Balaban J connectivity index is 2.03. The number of aryl methyl sites for hydroxylation is 1. The lowest BCUT2D eigenvalue weighted by Gasteiger charge is -2.06. The molecule has 1 aromatic heterocycles. The normalized spacial score (nSPS) is 10.3. The Morgan fingerprint density at radius 3 is 2.95 bits per heavy atom. The number of methoxy groups -OCH3 is 1. The number of thiophene rings is 1. The van der Waals surface area contributed by atoms with Crippen molar-refractivity contribution in [2.24, 2.45) is 0 Å². The number of hydrogen-bond donors (Lipinski definition) is 1. The van der Waals surface area contributed by atoms with Gasteiger partial charge in [0.1, 0.15) is 5.75 Å². The molecule has 0 spiro atoms. The van der Waals surface area contributed by atoms with Crippen LogP contribution in [0.25, 0.3) is 0 Å². The predicted octanol–water partition coefficient (Wildman–Crippen LogP) is 4.34. The molecule has 1 heterocycles. The molecule has 106 valence electrons.